The number of carbonyl (C=O) groups is 1. The maximum absolute atomic E-state index is 12.1. The summed E-state index contributed by atoms with van der Waals surface area (Å²) in [7, 11) is 0. The zero-order valence-corrected chi connectivity index (χ0v) is 11.6. The number of amides is 1. The minimum absolute atomic E-state index is 0.114. The van der Waals surface area contributed by atoms with Gasteiger partial charge in [0.1, 0.15) is 5.56 Å². The van der Waals surface area contributed by atoms with Gasteiger partial charge in [-0.05, 0) is 11.4 Å². The molecule has 0 aromatic carbocycles. The lowest BCUT2D eigenvalue weighted by Gasteiger charge is -2.05. The number of hydrogen-bond acceptors (Lipinski definition) is 5. The molecule has 0 spiro atoms. The fourth-order valence-electron chi connectivity index (χ4n) is 1.85. The van der Waals surface area contributed by atoms with E-state index < -0.39 is 0 Å². The molecule has 5 nitrogen and oxygen atoms in total. The minimum Gasteiger partial charge on any atom is -0.347 e. The van der Waals surface area contributed by atoms with E-state index in [1.807, 2.05) is 17.5 Å². The molecule has 0 bridgehead atoms. The number of aromatic nitrogens is 2. The number of nitrogens with one attached hydrogen (secondary N) is 1. The van der Waals surface area contributed by atoms with Crippen LogP contribution in [0.25, 0.3) is 0 Å². The molecule has 19 heavy (non-hydrogen) atoms. The summed E-state index contributed by atoms with van der Waals surface area (Å²) in [4.78, 5) is 29.3. The third-order valence-corrected chi connectivity index (χ3v) is 4.65. The van der Waals surface area contributed by atoms with Gasteiger partial charge < -0.3 is 5.32 Å². The molecule has 0 atom stereocenters. The minimum atomic E-state index is -0.363. The van der Waals surface area contributed by atoms with Crippen molar-refractivity contribution in [1.82, 2.24) is 14.9 Å². The Hall–Kier alpha value is -1.60. The Morgan fingerprint density at radius 1 is 1.53 bits per heavy atom. The van der Waals surface area contributed by atoms with Crippen molar-refractivity contribution in [2.45, 2.75) is 18.2 Å². The molecule has 98 valence electrons. The van der Waals surface area contributed by atoms with E-state index in [1.54, 1.807) is 15.9 Å². The first-order valence-electron chi connectivity index (χ1n) is 5.79. The summed E-state index contributed by atoms with van der Waals surface area (Å²) >= 11 is 3.10. The van der Waals surface area contributed by atoms with Crippen LogP contribution in [-0.2, 0) is 13.1 Å². The van der Waals surface area contributed by atoms with E-state index in [0.717, 1.165) is 10.6 Å². The number of rotatable bonds is 3. The van der Waals surface area contributed by atoms with Crippen LogP contribution in [0.3, 0.4) is 0 Å². The summed E-state index contributed by atoms with van der Waals surface area (Å²) in [5.41, 5.74) is -0.138. The highest BCUT2D eigenvalue weighted by Gasteiger charge is 2.19. The number of nitrogens with zero attached hydrogens (tertiary/aromatic N) is 2. The standard InChI is InChI=1S/C12H11N3O2S2/c16-10(13-6-8-2-1-4-18-8)9-7-14-12-15(11(9)17)3-5-19-12/h1-2,4,7H,3,5-6H2,(H,13,16). The molecule has 0 radical (unpaired) electrons. The van der Waals surface area contributed by atoms with Crippen LogP contribution in [0, 0.1) is 0 Å². The SMILES string of the molecule is O=C(NCc1cccs1)c1cnc2n(c1=O)CCS2. The molecular formula is C12H11N3O2S2. The van der Waals surface area contributed by atoms with Gasteiger partial charge in [-0.25, -0.2) is 4.98 Å². The molecule has 1 aliphatic rings. The normalized spacial score (nSPS) is 13.3. The first-order valence-corrected chi connectivity index (χ1v) is 7.65. The van der Waals surface area contributed by atoms with E-state index in [2.05, 4.69) is 10.3 Å². The van der Waals surface area contributed by atoms with E-state index >= 15 is 0 Å². The van der Waals surface area contributed by atoms with Gasteiger partial charge >= 0.3 is 0 Å². The highest BCUT2D eigenvalue weighted by atomic mass is 32.2. The first kappa shape index (κ1) is 12.4. The highest BCUT2D eigenvalue weighted by molar-refractivity contribution is 7.99. The lowest BCUT2D eigenvalue weighted by Crippen LogP contribution is -2.33. The largest absolute Gasteiger partial charge is 0.347 e. The Balaban J connectivity index is 1.79. The first-order chi connectivity index (χ1) is 9.25. The number of thioether (sulfide) groups is 1. The zero-order valence-electron chi connectivity index (χ0n) is 9.96. The maximum atomic E-state index is 12.1. The molecule has 3 heterocycles. The topological polar surface area (TPSA) is 64.0 Å². The Morgan fingerprint density at radius 2 is 2.42 bits per heavy atom. The van der Waals surface area contributed by atoms with Crippen molar-refractivity contribution in [3.63, 3.8) is 0 Å². The molecule has 1 N–H and O–H groups in total. The third kappa shape index (κ3) is 2.43. The molecule has 0 aliphatic carbocycles. The molecule has 1 amide bonds. The zero-order chi connectivity index (χ0) is 13.2. The van der Waals surface area contributed by atoms with Crippen molar-refractivity contribution >= 4 is 29.0 Å². The Kier molecular flexibility index (Phi) is 3.39. The maximum Gasteiger partial charge on any atom is 0.267 e. The van der Waals surface area contributed by atoms with Gasteiger partial charge in [-0.2, -0.15) is 0 Å². The fraction of sp³-hybridized carbons (Fsp3) is 0.250. The van der Waals surface area contributed by atoms with Crippen molar-refractivity contribution in [3.8, 4) is 0 Å². The van der Waals surface area contributed by atoms with Crippen molar-refractivity contribution < 1.29 is 4.79 Å². The molecule has 1 aliphatic heterocycles. The summed E-state index contributed by atoms with van der Waals surface area (Å²) in [5, 5.41) is 5.39. The number of hydrogen-bond donors (Lipinski definition) is 1. The third-order valence-electron chi connectivity index (χ3n) is 2.80. The van der Waals surface area contributed by atoms with Gasteiger partial charge in [0.25, 0.3) is 11.5 Å². The van der Waals surface area contributed by atoms with Crippen LogP contribution in [0.4, 0.5) is 0 Å². The van der Waals surface area contributed by atoms with Crippen LogP contribution in [0.15, 0.2) is 33.7 Å². The van der Waals surface area contributed by atoms with Crippen LogP contribution in [-0.4, -0.2) is 21.2 Å². The molecule has 0 fully saturated rings. The molecule has 0 unspecified atom stereocenters. The summed E-state index contributed by atoms with van der Waals surface area (Å²) < 4.78 is 1.56. The number of thiophene rings is 1. The number of fused-ring (bicyclic) bond motifs is 1. The van der Waals surface area contributed by atoms with Gasteiger partial charge in [0.15, 0.2) is 5.16 Å². The van der Waals surface area contributed by atoms with Crippen LogP contribution >= 0.6 is 23.1 Å². The summed E-state index contributed by atoms with van der Waals surface area (Å²) in [6.07, 6.45) is 1.37. The van der Waals surface area contributed by atoms with Gasteiger partial charge in [0, 0.05) is 23.4 Å². The average molecular weight is 293 g/mol. The van der Waals surface area contributed by atoms with Gasteiger partial charge in [-0.1, -0.05) is 17.8 Å². The van der Waals surface area contributed by atoms with E-state index in [1.165, 1.54) is 18.0 Å². The smallest absolute Gasteiger partial charge is 0.267 e. The second kappa shape index (κ2) is 5.18. The molecular weight excluding hydrogens is 282 g/mol. The molecule has 0 saturated heterocycles. The number of carbonyl (C=O) groups excluding carboxylic acids is 1. The monoisotopic (exact) mass is 293 g/mol. The molecule has 3 rings (SSSR count). The molecule has 2 aromatic rings. The lowest BCUT2D eigenvalue weighted by atomic mass is 10.3. The average Bonchev–Trinajstić information content (AvgIpc) is 3.07. The highest BCUT2D eigenvalue weighted by Crippen LogP contribution is 2.20. The predicted molar refractivity (Wildman–Crippen MR) is 74.7 cm³/mol. The van der Waals surface area contributed by atoms with E-state index in [0.29, 0.717) is 18.2 Å². The Bertz CT molecular complexity index is 664. The van der Waals surface area contributed by atoms with Crippen LogP contribution < -0.4 is 10.9 Å². The fourth-order valence-corrected chi connectivity index (χ4v) is 3.41. The van der Waals surface area contributed by atoms with Gasteiger partial charge in [0.05, 0.1) is 6.54 Å². The van der Waals surface area contributed by atoms with Crippen molar-refractivity contribution in [3.05, 3.63) is 44.5 Å². The quantitative estimate of drug-likeness (QED) is 0.867. The van der Waals surface area contributed by atoms with Crippen molar-refractivity contribution in [1.29, 1.82) is 0 Å². The van der Waals surface area contributed by atoms with Crippen LogP contribution in [0.1, 0.15) is 15.2 Å². The van der Waals surface area contributed by atoms with Gasteiger partial charge in [-0.15, -0.1) is 11.3 Å². The Labute approximate surface area is 117 Å². The lowest BCUT2D eigenvalue weighted by molar-refractivity contribution is 0.0948. The van der Waals surface area contributed by atoms with E-state index in [9.17, 15) is 9.59 Å². The molecule has 7 heteroatoms. The molecule has 2 aromatic heterocycles. The van der Waals surface area contributed by atoms with Crippen LogP contribution in [0.2, 0.25) is 0 Å². The second-order valence-corrected chi connectivity index (χ2v) is 6.12. The summed E-state index contributed by atoms with van der Waals surface area (Å²) in [6, 6.07) is 3.87. The van der Waals surface area contributed by atoms with E-state index in [4.69, 9.17) is 0 Å². The van der Waals surface area contributed by atoms with Gasteiger partial charge in [0.2, 0.25) is 0 Å². The van der Waals surface area contributed by atoms with Gasteiger partial charge in [-0.3, -0.25) is 14.2 Å². The molecule has 0 saturated carbocycles. The second-order valence-electron chi connectivity index (χ2n) is 4.02. The van der Waals surface area contributed by atoms with Crippen LogP contribution in [0.5, 0.6) is 0 Å². The van der Waals surface area contributed by atoms with Crippen molar-refractivity contribution in [2.75, 3.05) is 5.75 Å². The summed E-state index contributed by atoms with van der Waals surface area (Å²) in [6.45, 7) is 1.06. The van der Waals surface area contributed by atoms with Crippen molar-refractivity contribution in [2.24, 2.45) is 0 Å². The Morgan fingerprint density at radius 3 is 3.21 bits per heavy atom. The summed E-state index contributed by atoms with van der Waals surface area (Å²) in [5.74, 6) is 0.473. The van der Waals surface area contributed by atoms with E-state index in [-0.39, 0.29) is 17.0 Å². The predicted octanol–water partition coefficient (Wildman–Crippen LogP) is 1.34.